The Labute approximate surface area is 165 Å². The molecule has 0 aromatic carbocycles. The molecule has 7 nitrogen and oxygen atoms in total. The molecule has 2 aliphatic rings. The number of amides is 3. The minimum Gasteiger partial charge on any atom is -0.337 e. The molecule has 150 valence electrons. The maximum absolute atomic E-state index is 13.3. The third-order valence-electron chi connectivity index (χ3n) is 5.90. The number of carbonyl (C=O) groups is 2. The highest BCUT2D eigenvalue weighted by Crippen LogP contribution is 2.33. The number of hydrogen-bond acceptors (Lipinski definition) is 3. The summed E-state index contributed by atoms with van der Waals surface area (Å²) in [5, 5.41) is 0. The van der Waals surface area contributed by atoms with E-state index in [9.17, 15) is 9.59 Å². The minimum absolute atomic E-state index is 0.00461. The topological polar surface area (TPSA) is 61.2 Å². The number of carbonyl (C=O) groups excluding carboxylic acids is 2. The molecule has 2 aromatic heterocycles. The Bertz CT molecular complexity index is 890. The molecule has 3 amide bonds. The van der Waals surface area contributed by atoms with Gasteiger partial charge in [0.15, 0.2) is 5.69 Å². The van der Waals surface area contributed by atoms with Crippen molar-refractivity contribution < 1.29 is 9.59 Å². The van der Waals surface area contributed by atoms with Crippen molar-refractivity contribution in [1.82, 2.24) is 24.1 Å². The quantitative estimate of drug-likeness (QED) is 0.801. The largest absolute Gasteiger partial charge is 0.337 e. The van der Waals surface area contributed by atoms with Gasteiger partial charge in [-0.05, 0) is 43.7 Å². The molecule has 2 atom stereocenters. The molecular weight excluding hydrogens is 354 g/mol. The smallest absolute Gasteiger partial charge is 0.320 e. The van der Waals surface area contributed by atoms with Gasteiger partial charge in [-0.2, -0.15) is 0 Å². The van der Waals surface area contributed by atoms with Crippen LogP contribution in [0.1, 0.15) is 55.0 Å². The van der Waals surface area contributed by atoms with Crippen LogP contribution in [0.15, 0.2) is 24.4 Å². The predicted molar refractivity (Wildman–Crippen MR) is 107 cm³/mol. The Balaban J connectivity index is 1.73. The van der Waals surface area contributed by atoms with E-state index < -0.39 is 0 Å². The number of rotatable bonds is 2. The summed E-state index contributed by atoms with van der Waals surface area (Å²) in [5.41, 5.74) is 1.33. The minimum atomic E-state index is -0.105. The third kappa shape index (κ3) is 3.23. The van der Waals surface area contributed by atoms with Gasteiger partial charge in [-0.3, -0.25) is 4.79 Å². The van der Waals surface area contributed by atoms with Crippen LogP contribution in [-0.4, -0.2) is 69.8 Å². The van der Waals surface area contributed by atoms with Crippen molar-refractivity contribution in [2.75, 3.05) is 33.7 Å². The van der Waals surface area contributed by atoms with Crippen molar-refractivity contribution in [2.45, 2.75) is 38.6 Å². The lowest BCUT2D eigenvalue weighted by Crippen LogP contribution is -2.39. The van der Waals surface area contributed by atoms with Gasteiger partial charge in [0.25, 0.3) is 5.91 Å². The van der Waals surface area contributed by atoms with Gasteiger partial charge < -0.3 is 19.1 Å². The van der Waals surface area contributed by atoms with E-state index in [1.54, 1.807) is 19.0 Å². The standard InChI is InChI=1S/C21H29N5O2/c1-15-8-6-11-24(14-15)20(27)18-16-9-4-5-12-25(16)19(22-18)17-10-7-13-26(17)21(28)23(2)3/h4-5,9,12,15,17H,6-8,10-11,13-14H2,1-3H3/t15-,17+/m0/s1. The second-order valence-electron chi connectivity index (χ2n) is 8.30. The summed E-state index contributed by atoms with van der Waals surface area (Å²) in [5.74, 6) is 1.32. The van der Waals surface area contributed by atoms with Crippen LogP contribution in [0.25, 0.3) is 5.52 Å². The highest BCUT2D eigenvalue weighted by molar-refractivity contribution is 5.99. The van der Waals surface area contributed by atoms with Crippen molar-refractivity contribution in [2.24, 2.45) is 5.92 Å². The van der Waals surface area contributed by atoms with Gasteiger partial charge in [0, 0.05) is 39.9 Å². The molecule has 28 heavy (non-hydrogen) atoms. The Morgan fingerprint density at radius 2 is 1.93 bits per heavy atom. The van der Waals surface area contributed by atoms with E-state index in [1.165, 1.54) is 6.42 Å². The second-order valence-corrected chi connectivity index (χ2v) is 8.30. The van der Waals surface area contributed by atoms with Crippen molar-refractivity contribution in [3.05, 3.63) is 35.9 Å². The number of nitrogens with zero attached hydrogens (tertiary/aromatic N) is 5. The highest BCUT2D eigenvalue weighted by atomic mass is 16.2. The summed E-state index contributed by atoms with van der Waals surface area (Å²) in [4.78, 5) is 36.1. The number of aromatic nitrogens is 2. The van der Waals surface area contributed by atoms with E-state index in [4.69, 9.17) is 4.98 Å². The number of fused-ring (bicyclic) bond motifs is 1. The first-order valence-corrected chi connectivity index (χ1v) is 10.2. The van der Waals surface area contributed by atoms with Crippen LogP contribution in [0.5, 0.6) is 0 Å². The molecule has 2 fully saturated rings. The number of likely N-dealkylation sites (tertiary alicyclic amines) is 2. The molecule has 0 unspecified atom stereocenters. The van der Waals surface area contributed by atoms with Crippen LogP contribution in [0.4, 0.5) is 4.79 Å². The summed E-state index contributed by atoms with van der Waals surface area (Å²) < 4.78 is 1.99. The molecular formula is C21H29N5O2. The average Bonchev–Trinajstić information content (AvgIpc) is 3.31. The first-order valence-electron chi connectivity index (χ1n) is 10.2. The van der Waals surface area contributed by atoms with Gasteiger partial charge in [0.05, 0.1) is 11.6 Å². The molecule has 2 saturated heterocycles. The molecule has 2 aromatic rings. The van der Waals surface area contributed by atoms with Crippen LogP contribution in [-0.2, 0) is 0 Å². The third-order valence-corrected chi connectivity index (χ3v) is 5.90. The molecule has 4 rings (SSSR count). The van der Waals surface area contributed by atoms with Gasteiger partial charge in [-0.15, -0.1) is 0 Å². The number of piperidine rings is 1. The van der Waals surface area contributed by atoms with Gasteiger partial charge in [0.1, 0.15) is 5.82 Å². The molecule has 2 aliphatic heterocycles. The molecule has 0 N–H and O–H groups in total. The summed E-state index contributed by atoms with van der Waals surface area (Å²) in [6, 6.07) is 5.72. The molecule has 0 spiro atoms. The highest BCUT2D eigenvalue weighted by Gasteiger charge is 2.35. The predicted octanol–water partition coefficient (Wildman–Crippen LogP) is 3.02. The first-order chi connectivity index (χ1) is 13.5. The fourth-order valence-corrected chi connectivity index (χ4v) is 4.50. The fourth-order valence-electron chi connectivity index (χ4n) is 4.50. The molecule has 7 heteroatoms. The number of imidazole rings is 1. The van der Waals surface area contributed by atoms with Crippen LogP contribution in [0.3, 0.4) is 0 Å². The van der Waals surface area contributed by atoms with E-state index >= 15 is 0 Å². The van der Waals surface area contributed by atoms with E-state index in [0.717, 1.165) is 50.2 Å². The number of hydrogen-bond donors (Lipinski definition) is 0. The van der Waals surface area contributed by atoms with Gasteiger partial charge in [0.2, 0.25) is 0 Å². The van der Waals surface area contributed by atoms with Gasteiger partial charge in [-0.25, -0.2) is 9.78 Å². The Kier molecular flexibility index (Phi) is 5.00. The molecule has 0 saturated carbocycles. The maximum Gasteiger partial charge on any atom is 0.320 e. The van der Waals surface area contributed by atoms with E-state index in [2.05, 4.69) is 6.92 Å². The molecule has 4 heterocycles. The van der Waals surface area contributed by atoms with Gasteiger partial charge >= 0.3 is 6.03 Å². The van der Waals surface area contributed by atoms with Crippen molar-refractivity contribution >= 4 is 17.5 Å². The first kappa shape index (κ1) is 18.8. The monoisotopic (exact) mass is 383 g/mol. The zero-order valence-electron chi connectivity index (χ0n) is 17.0. The van der Waals surface area contributed by atoms with Crippen LogP contribution >= 0.6 is 0 Å². The van der Waals surface area contributed by atoms with E-state index in [1.807, 2.05) is 38.6 Å². The van der Waals surface area contributed by atoms with Crippen molar-refractivity contribution in [3.8, 4) is 0 Å². The Hall–Kier alpha value is -2.57. The zero-order valence-corrected chi connectivity index (χ0v) is 17.0. The summed E-state index contributed by atoms with van der Waals surface area (Å²) in [7, 11) is 3.54. The van der Waals surface area contributed by atoms with E-state index in [-0.39, 0.29) is 18.0 Å². The SMILES string of the molecule is C[C@H]1CCCN(C(=O)c2nc([C@H]3CCCN3C(=O)N(C)C)n3ccccc23)C1. The summed E-state index contributed by atoms with van der Waals surface area (Å²) in [6.07, 6.45) is 5.97. The summed E-state index contributed by atoms with van der Waals surface area (Å²) >= 11 is 0. The maximum atomic E-state index is 13.3. The average molecular weight is 383 g/mol. The molecule has 0 radical (unpaired) electrons. The fraction of sp³-hybridized carbons (Fsp3) is 0.571. The molecule has 0 bridgehead atoms. The summed E-state index contributed by atoms with van der Waals surface area (Å²) in [6.45, 7) is 4.49. The lowest BCUT2D eigenvalue weighted by atomic mass is 10.00. The second kappa shape index (κ2) is 7.45. The van der Waals surface area contributed by atoms with Crippen molar-refractivity contribution in [1.29, 1.82) is 0 Å². The normalized spacial score (nSPS) is 22.7. The van der Waals surface area contributed by atoms with Crippen LogP contribution in [0.2, 0.25) is 0 Å². The Morgan fingerprint density at radius 3 is 2.68 bits per heavy atom. The van der Waals surface area contributed by atoms with Crippen molar-refractivity contribution in [3.63, 3.8) is 0 Å². The Morgan fingerprint density at radius 1 is 1.14 bits per heavy atom. The lowest BCUT2D eigenvalue weighted by molar-refractivity contribution is 0.0679. The van der Waals surface area contributed by atoms with Gasteiger partial charge in [-0.1, -0.05) is 13.0 Å². The van der Waals surface area contributed by atoms with E-state index in [0.29, 0.717) is 11.6 Å². The lowest BCUT2D eigenvalue weighted by Gasteiger charge is -2.30. The van der Waals surface area contributed by atoms with Crippen LogP contribution in [0, 0.1) is 5.92 Å². The molecule has 0 aliphatic carbocycles. The zero-order chi connectivity index (χ0) is 19.8. The van der Waals surface area contributed by atoms with Crippen LogP contribution < -0.4 is 0 Å². The number of pyridine rings is 1. The number of urea groups is 1.